The van der Waals surface area contributed by atoms with Gasteiger partial charge in [0.05, 0.1) is 11.2 Å². The molecule has 0 saturated carbocycles. The van der Waals surface area contributed by atoms with Crippen molar-refractivity contribution in [1.29, 1.82) is 0 Å². The minimum atomic E-state index is -1.95. The monoisotopic (exact) mass is 191 g/mol. The highest BCUT2D eigenvalue weighted by Gasteiger charge is 2.23. The minimum absolute atomic E-state index is 0.198. The van der Waals surface area contributed by atoms with Gasteiger partial charge in [0.2, 0.25) is 0 Å². The van der Waals surface area contributed by atoms with Crippen molar-refractivity contribution in [1.82, 2.24) is 0 Å². The van der Waals surface area contributed by atoms with Gasteiger partial charge in [-0.15, -0.1) is 0 Å². The van der Waals surface area contributed by atoms with Crippen molar-refractivity contribution in [2.24, 2.45) is 5.40 Å². The van der Waals surface area contributed by atoms with Crippen LogP contribution in [0.25, 0.3) is 0 Å². The van der Waals surface area contributed by atoms with Gasteiger partial charge in [-0.2, -0.15) is 0 Å². The molecule has 0 amide bonds. The molecule has 0 aromatic heterocycles. The van der Waals surface area contributed by atoms with E-state index in [1.807, 2.05) is 41.5 Å². The van der Waals surface area contributed by atoms with Crippen molar-refractivity contribution in [2.75, 3.05) is 0 Å². The molecular formula is C8H21NO2Si. The lowest BCUT2D eigenvalue weighted by atomic mass is 10.2. The first-order valence-electron chi connectivity index (χ1n) is 4.21. The highest BCUT2D eigenvalue weighted by molar-refractivity contribution is 6.40. The third-order valence-corrected chi connectivity index (χ3v) is 2.82. The van der Waals surface area contributed by atoms with E-state index in [4.69, 9.17) is 14.3 Å². The molecule has 2 N–H and O–H groups in total. The summed E-state index contributed by atoms with van der Waals surface area (Å²) >= 11 is 0. The fourth-order valence-corrected chi connectivity index (χ4v) is 2.16. The van der Waals surface area contributed by atoms with Crippen LogP contribution in [0.5, 0.6) is 0 Å². The summed E-state index contributed by atoms with van der Waals surface area (Å²) in [7, 11) is -1.95. The SMILES string of the molecule is CC(C)(C)O[SiH](N)OC(C)(C)C. The van der Waals surface area contributed by atoms with E-state index < -0.39 is 9.45 Å². The first-order chi connectivity index (χ1) is 5.10. The summed E-state index contributed by atoms with van der Waals surface area (Å²) in [5, 5.41) is 5.74. The summed E-state index contributed by atoms with van der Waals surface area (Å²) in [5.74, 6) is 0. The molecule has 74 valence electrons. The average molecular weight is 191 g/mol. The van der Waals surface area contributed by atoms with Crippen LogP contribution in [-0.2, 0) is 8.85 Å². The van der Waals surface area contributed by atoms with Crippen molar-refractivity contribution < 1.29 is 8.85 Å². The first-order valence-corrected chi connectivity index (χ1v) is 5.82. The molecule has 0 aromatic rings. The summed E-state index contributed by atoms with van der Waals surface area (Å²) in [6.07, 6.45) is 0. The van der Waals surface area contributed by atoms with Crippen LogP contribution in [0.3, 0.4) is 0 Å². The van der Waals surface area contributed by atoms with E-state index in [2.05, 4.69) is 0 Å². The molecule has 0 unspecified atom stereocenters. The molecule has 0 aliphatic rings. The summed E-state index contributed by atoms with van der Waals surface area (Å²) in [5.41, 5.74) is -0.395. The fourth-order valence-electron chi connectivity index (χ4n) is 0.721. The first kappa shape index (κ1) is 12.1. The van der Waals surface area contributed by atoms with Crippen molar-refractivity contribution in [3.05, 3.63) is 0 Å². The zero-order valence-electron chi connectivity index (χ0n) is 8.97. The summed E-state index contributed by atoms with van der Waals surface area (Å²) in [4.78, 5) is 0. The van der Waals surface area contributed by atoms with Gasteiger partial charge in [-0.25, -0.2) is 0 Å². The van der Waals surface area contributed by atoms with E-state index in [0.29, 0.717) is 0 Å². The van der Waals surface area contributed by atoms with Crippen LogP contribution in [-0.4, -0.2) is 20.6 Å². The molecule has 4 heteroatoms. The van der Waals surface area contributed by atoms with Crippen molar-refractivity contribution >= 4 is 9.45 Å². The van der Waals surface area contributed by atoms with Crippen LogP contribution in [0.1, 0.15) is 41.5 Å². The van der Waals surface area contributed by atoms with Crippen molar-refractivity contribution in [3.63, 3.8) is 0 Å². The van der Waals surface area contributed by atoms with E-state index >= 15 is 0 Å². The zero-order valence-corrected chi connectivity index (χ0v) is 10.1. The Morgan fingerprint density at radius 2 is 1.08 bits per heavy atom. The molecule has 0 saturated heterocycles. The second-order valence-electron chi connectivity index (χ2n) is 4.83. The smallest absolute Gasteiger partial charge is 0.380 e. The van der Waals surface area contributed by atoms with Crippen LogP contribution in [0.4, 0.5) is 0 Å². The Bertz CT molecular complexity index is 121. The van der Waals surface area contributed by atoms with Gasteiger partial charge >= 0.3 is 9.45 Å². The Balaban J connectivity index is 3.83. The predicted molar refractivity (Wildman–Crippen MR) is 53.0 cm³/mol. The van der Waals surface area contributed by atoms with E-state index in [9.17, 15) is 0 Å². The molecule has 0 aliphatic heterocycles. The maximum absolute atomic E-state index is 5.74. The highest BCUT2D eigenvalue weighted by Crippen LogP contribution is 2.12. The average Bonchev–Trinajstić information content (AvgIpc) is 1.49. The van der Waals surface area contributed by atoms with Crippen molar-refractivity contribution in [2.45, 2.75) is 52.7 Å². The van der Waals surface area contributed by atoms with Gasteiger partial charge in [-0.1, -0.05) is 0 Å². The van der Waals surface area contributed by atoms with Gasteiger partial charge in [0.25, 0.3) is 0 Å². The van der Waals surface area contributed by atoms with E-state index in [1.54, 1.807) is 0 Å². The Hall–Kier alpha value is 0.0969. The van der Waals surface area contributed by atoms with Gasteiger partial charge in [0.15, 0.2) is 0 Å². The van der Waals surface area contributed by atoms with Gasteiger partial charge < -0.3 is 14.3 Å². The second-order valence-corrected chi connectivity index (χ2v) is 6.04. The second kappa shape index (κ2) is 3.87. The number of rotatable bonds is 2. The Morgan fingerprint density at radius 1 is 0.833 bits per heavy atom. The summed E-state index contributed by atoms with van der Waals surface area (Å²) in [6, 6.07) is 0. The van der Waals surface area contributed by atoms with Crippen molar-refractivity contribution in [3.8, 4) is 0 Å². The molecule has 0 spiro atoms. The maximum Gasteiger partial charge on any atom is 0.406 e. The van der Waals surface area contributed by atoms with Crippen LogP contribution in [0, 0.1) is 0 Å². The fraction of sp³-hybridized carbons (Fsp3) is 1.00. The highest BCUT2D eigenvalue weighted by atomic mass is 28.3. The Kier molecular flexibility index (Phi) is 3.90. The van der Waals surface area contributed by atoms with Crippen LogP contribution < -0.4 is 5.40 Å². The van der Waals surface area contributed by atoms with Crippen LogP contribution >= 0.6 is 0 Å². The number of hydrogen-bond donors (Lipinski definition) is 1. The van der Waals surface area contributed by atoms with E-state index in [1.165, 1.54) is 0 Å². The number of hydrogen-bond acceptors (Lipinski definition) is 3. The summed E-state index contributed by atoms with van der Waals surface area (Å²) in [6.45, 7) is 11.9. The lowest BCUT2D eigenvalue weighted by molar-refractivity contribution is 0.0343. The van der Waals surface area contributed by atoms with Crippen LogP contribution in [0.2, 0.25) is 0 Å². The van der Waals surface area contributed by atoms with Crippen LogP contribution in [0.15, 0.2) is 0 Å². The standard InChI is InChI=1S/C8H21NO2Si/c1-7(2,3)10-12(9)11-8(4,5)6/h12H,9H2,1-6H3. The molecule has 0 atom stereocenters. The molecular weight excluding hydrogens is 170 g/mol. The lowest BCUT2D eigenvalue weighted by Crippen LogP contribution is -2.45. The van der Waals surface area contributed by atoms with Gasteiger partial charge in [0.1, 0.15) is 0 Å². The van der Waals surface area contributed by atoms with E-state index in [-0.39, 0.29) is 11.2 Å². The molecule has 0 aliphatic carbocycles. The molecule has 3 nitrogen and oxygen atoms in total. The van der Waals surface area contributed by atoms with Gasteiger partial charge in [0, 0.05) is 0 Å². The molecule has 0 heterocycles. The third kappa shape index (κ3) is 8.20. The maximum atomic E-state index is 5.74. The quantitative estimate of drug-likeness (QED) is 0.669. The molecule has 0 aromatic carbocycles. The summed E-state index contributed by atoms with van der Waals surface area (Å²) < 4.78 is 11.0. The molecule has 0 rings (SSSR count). The topological polar surface area (TPSA) is 44.5 Å². The molecule has 0 radical (unpaired) electrons. The number of nitrogens with two attached hydrogens (primary N) is 1. The third-order valence-electron chi connectivity index (χ3n) is 0.939. The molecule has 0 bridgehead atoms. The molecule has 12 heavy (non-hydrogen) atoms. The molecule has 0 fully saturated rings. The predicted octanol–water partition coefficient (Wildman–Crippen LogP) is 1.29. The van der Waals surface area contributed by atoms with Gasteiger partial charge in [-0.05, 0) is 41.5 Å². The lowest BCUT2D eigenvalue weighted by Gasteiger charge is -2.29. The van der Waals surface area contributed by atoms with Gasteiger partial charge in [-0.3, -0.25) is 0 Å². The normalized spacial score (nSPS) is 14.0. The zero-order chi connectivity index (χ0) is 9.99. The Labute approximate surface area is 77.2 Å². The van der Waals surface area contributed by atoms with E-state index in [0.717, 1.165) is 0 Å². The minimum Gasteiger partial charge on any atom is -0.380 e. The Morgan fingerprint density at radius 3 is 1.25 bits per heavy atom. The largest absolute Gasteiger partial charge is 0.406 e.